The normalized spacial score (nSPS) is 22.0. The molecule has 0 aliphatic carbocycles. The molecule has 2 heterocycles. The Labute approximate surface area is 291 Å². The second-order valence-electron chi connectivity index (χ2n) is 14.1. The van der Waals surface area contributed by atoms with Crippen LogP contribution in [-0.4, -0.2) is 62.4 Å². The average Bonchev–Trinajstić information content (AvgIpc) is 3.45. The summed E-state index contributed by atoms with van der Waals surface area (Å²) in [4.78, 5) is 29.6. The summed E-state index contributed by atoms with van der Waals surface area (Å²) in [6.07, 6.45) is 3.25. The van der Waals surface area contributed by atoms with Crippen molar-refractivity contribution in [3.63, 3.8) is 0 Å². The van der Waals surface area contributed by atoms with Gasteiger partial charge in [0.1, 0.15) is 5.75 Å². The van der Waals surface area contributed by atoms with Gasteiger partial charge in [-0.2, -0.15) is 0 Å². The van der Waals surface area contributed by atoms with E-state index in [0.29, 0.717) is 19.4 Å². The van der Waals surface area contributed by atoms with E-state index in [9.17, 15) is 14.7 Å². The minimum Gasteiger partial charge on any atom is -0.497 e. The number of aliphatic hydroxyl groups is 1. The largest absolute Gasteiger partial charge is 0.497 e. The van der Waals surface area contributed by atoms with Crippen molar-refractivity contribution in [2.45, 2.75) is 76.0 Å². The first-order chi connectivity index (χ1) is 23.7. The van der Waals surface area contributed by atoms with Gasteiger partial charge in [0, 0.05) is 17.9 Å². The van der Waals surface area contributed by atoms with E-state index >= 15 is 0 Å². The molecule has 0 bridgehead atoms. The van der Waals surface area contributed by atoms with E-state index in [-0.39, 0.29) is 42.2 Å². The second-order valence-corrected chi connectivity index (χ2v) is 18.8. The number of aryl methyl sites for hydroxylation is 1. The number of hydrogen-bond donors (Lipinski definition) is 1. The number of aliphatic hydroxyl groups excluding tert-OH is 1. The molecule has 0 aromatic heterocycles. The third kappa shape index (κ3) is 7.37. The molecule has 4 aromatic carbocycles. The molecule has 256 valence electrons. The summed E-state index contributed by atoms with van der Waals surface area (Å²) in [6.45, 7) is 7.55. The van der Waals surface area contributed by atoms with E-state index in [0.717, 1.165) is 41.9 Å². The van der Waals surface area contributed by atoms with E-state index in [1.54, 1.807) is 12.0 Å². The average molecular weight is 677 g/mol. The van der Waals surface area contributed by atoms with Crippen molar-refractivity contribution in [1.82, 2.24) is 4.90 Å². The maximum absolute atomic E-state index is 14.1. The van der Waals surface area contributed by atoms with Crippen LogP contribution >= 0.6 is 0 Å². The van der Waals surface area contributed by atoms with Gasteiger partial charge in [0.05, 0.1) is 46.5 Å². The van der Waals surface area contributed by atoms with Crippen LogP contribution in [0.5, 0.6) is 5.75 Å². The van der Waals surface area contributed by atoms with Crippen molar-refractivity contribution in [3.8, 4) is 5.75 Å². The lowest BCUT2D eigenvalue weighted by molar-refractivity contribution is -0.138. The summed E-state index contributed by atoms with van der Waals surface area (Å²) >= 11 is 0. The minimum atomic E-state index is -2.15. The number of fused-ring (bicyclic) bond motifs is 1. The molecule has 4 aromatic rings. The van der Waals surface area contributed by atoms with Crippen molar-refractivity contribution in [2.75, 3.05) is 18.6 Å². The van der Waals surface area contributed by atoms with Crippen LogP contribution in [0.25, 0.3) is 0 Å². The molecule has 7 nitrogen and oxygen atoms in total. The predicted octanol–water partition coefficient (Wildman–Crippen LogP) is 6.65. The van der Waals surface area contributed by atoms with Gasteiger partial charge < -0.3 is 19.5 Å². The summed E-state index contributed by atoms with van der Waals surface area (Å²) in [5.41, 5.74) is 5.40. The number of methoxy groups -OCH3 is 1. The molecule has 1 N–H and O–H groups in total. The number of hydrogen-bond acceptors (Lipinski definition) is 5. The van der Waals surface area contributed by atoms with Crippen molar-refractivity contribution in [3.05, 3.63) is 120 Å². The Hall–Kier alpha value is -4.24. The van der Waals surface area contributed by atoms with E-state index in [1.165, 1.54) is 16.3 Å². The summed E-state index contributed by atoms with van der Waals surface area (Å²) in [5.74, 6) is 1.13. The van der Waals surface area contributed by atoms with Crippen molar-refractivity contribution in [2.24, 2.45) is 5.92 Å². The summed E-state index contributed by atoms with van der Waals surface area (Å²) < 4.78 is 12.4. The molecule has 2 aliphatic rings. The molecule has 0 radical (unpaired) electrons. The molecule has 2 amide bonds. The number of benzene rings is 4. The van der Waals surface area contributed by atoms with Gasteiger partial charge in [-0.1, -0.05) is 91.9 Å². The highest BCUT2D eigenvalue weighted by molar-refractivity contribution is 6.91. The Morgan fingerprint density at radius 3 is 2.22 bits per heavy atom. The molecule has 0 unspecified atom stereocenters. The van der Waals surface area contributed by atoms with Crippen molar-refractivity contribution in [1.29, 1.82) is 0 Å². The third-order valence-electron chi connectivity index (χ3n) is 10.9. The number of ether oxygens (including phenoxy) is 2. The number of anilines is 2. The molecule has 8 heteroatoms. The van der Waals surface area contributed by atoms with Gasteiger partial charge in [-0.25, -0.2) is 0 Å². The van der Waals surface area contributed by atoms with E-state index in [4.69, 9.17) is 9.47 Å². The summed E-state index contributed by atoms with van der Waals surface area (Å²) in [5, 5.41) is 11.6. The first-order valence-corrected chi connectivity index (χ1v) is 20.5. The number of nitrogens with zero attached hydrogens (tertiary/aromatic N) is 2. The van der Waals surface area contributed by atoms with Crippen LogP contribution in [0.1, 0.15) is 36.5 Å². The Kier molecular flexibility index (Phi) is 10.7. The van der Waals surface area contributed by atoms with Crippen LogP contribution in [0.2, 0.25) is 18.6 Å². The molecule has 0 saturated carbocycles. The number of carbonyl (C=O) groups excluding carboxylic acids is 2. The lowest BCUT2D eigenvalue weighted by Crippen LogP contribution is -2.52. The molecule has 1 fully saturated rings. The number of carbonyl (C=O) groups is 2. The van der Waals surface area contributed by atoms with Crippen LogP contribution in [-0.2, 0) is 33.7 Å². The first kappa shape index (κ1) is 34.6. The lowest BCUT2D eigenvalue weighted by Gasteiger charge is -2.39. The van der Waals surface area contributed by atoms with Gasteiger partial charge >= 0.3 is 0 Å². The van der Waals surface area contributed by atoms with Crippen LogP contribution in [0, 0.1) is 5.92 Å². The van der Waals surface area contributed by atoms with E-state index in [1.807, 2.05) is 71.6 Å². The standard InChI is InChI=1S/C41H48N2O5Si/c1-29-38(23-16-30-14-17-34(18-15-30)43(28-45)33-12-6-5-7-13-33)48-39(41(29)49(3,4)37-21-19-36(47-2)20-22-37)25-40(46)42-26-32-11-9-8-10-31(32)24-35(42)27-44/h5-15,17-22,28-29,35,38-39,41,44H,16,23-27H2,1-4H3/t29-,35-,38+,39-,41+/m0/s1. The third-order valence-corrected chi connectivity index (χ3v) is 15.3. The SMILES string of the molecule is COc1ccc([Si](C)(C)[C@@H]2[C@@H](C)[C@@H](CCc3ccc(N(C=O)c4ccccc4)cc3)O[C@H]2CC(=O)N2Cc3ccccc3C[C@H]2CO)cc1. The Morgan fingerprint density at radius 2 is 1.57 bits per heavy atom. The smallest absolute Gasteiger partial charge is 0.225 e. The van der Waals surface area contributed by atoms with Gasteiger partial charge in [0.2, 0.25) is 12.3 Å². The fraction of sp³-hybridized carbons (Fsp3) is 0.366. The summed E-state index contributed by atoms with van der Waals surface area (Å²) in [6, 6.07) is 34.2. The molecule has 0 spiro atoms. The van der Waals surface area contributed by atoms with E-state index in [2.05, 4.69) is 56.4 Å². The quantitative estimate of drug-likeness (QED) is 0.134. The van der Waals surface area contributed by atoms with Gasteiger partial charge in [0.25, 0.3) is 0 Å². The highest BCUT2D eigenvalue weighted by Gasteiger charge is 2.51. The number of para-hydroxylation sites is 1. The Bertz CT molecular complexity index is 1710. The fourth-order valence-corrected chi connectivity index (χ4v) is 12.2. The summed E-state index contributed by atoms with van der Waals surface area (Å²) in [7, 11) is -0.468. The molecular weight excluding hydrogens is 629 g/mol. The van der Waals surface area contributed by atoms with Crippen molar-refractivity contribution >= 4 is 37.0 Å². The maximum Gasteiger partial charge on any atom is 0.225 e. The molecule has 49 heavy (non-hydrogen) atoms. The van der Waals surface area contributed by atoms with E-state index < -0.39 is 8.07 Å². The number of rotatable bonds is 12. The molecule has 1 saturated heterocycles. The van der Waals surface area contributed by atoms with Crippen LogP contribution < -0.4 is 14.8 Å². The van der Waals surface area contributed by atoms with Crippen LogP contribution in [0.15, 0.2) is 103 Å². The lowest BCUT2D eigenvalue weighted by atomic mass is 9.93. The highest BCUT2D eigenvalue weighted by Crippen LogP contribution is 2.47. The zero-order chi connectivity index (χ0) is 34.5. The minimum absolute atomic E-state index is 0.000914. The Morgan fingerprint density at radius 1 is 0.918 bits per heavy atom. The van der Waals surface area contributed by atoms with Gasteiger partial charge in [-0.15, -0.1) is 0 Å². The maximum atomic E-state index is 14.1. The predicted molar refractivity (Wildman–Crippen MR) is 197 cm³/mol. The van der Waals surface area contributed by atoms with Gasteiger partial charge in [-0.05, 0) is 83.8 Å². The van der Waals surface area contributed by atoms with Gasteiger partial charge in [-0.3, -0.25) is 14.5 Å². The Balaban J connectivity index is 1.21. The first-order valence-electron chi connectivity index (χ1n) is 17.4. The topological polar surface area (TPSA) is 79.3 Å². The van der Waals surface area contributed by atoms with Gasteiger partial charge in [0.15, 0.2) is 0 Å². The molecule has 2 aliphatic heterocycles. The zero-order valence-electron chi connectivity index (χ0n) is 29.0. The molecule has 5 atom stereocenters. The fourth-order valence-electron chi connectivity index (χ4n) is 8.17. The second kappa shape index (κ2) is 15.1. The van der Waals surface area contributed by atoms with Crippen LogP contribution in [0.4, 0.5) is 11.4 Å². The van der Waals surface area contributed by atoms with Crippen LogP contribution in [0.3, 0.4) is 0 Å². The number of amides is 2. The highest BCUT2D eigenvalue weighted by atomic mass is 28.3. The molecule has 6 rings (SSSR count). The monoisotopic (exact) mass is 676 g/mol. The molecular formula is C41H48N2O5Si. The van der Waals surface area contributed by atoms with Crippen molar-refractivity contribution < 1.29 is 24.2 Å². The zero-order valence-corrected chi connectivity index (χ0v) is 30.0.